The van der Waals surface area contributed by atoms with Crippen LogP contribution in [-0.4, -0.2) is 98.7 Å². The maximum Gasteiger partial charge on any atom is 0.326 e. The molecule has 0 aliphatic rings. The van der Waals surface area contributed by atoms with Crippen LogP contribution in [0.5, 0.6) is 0 Å². The van der Waals surface area contributed by atoms with E-state index in [4.69, 9.17) is 37.6 Å². The van der Waals surface area contributed by atoms with Crippen molar-refractivity contribution in [2.24, 2.45) is 22.2 Å². The van der Waals surface area contributed by atoms with E-state index in [1.54, 1.807) is 0 Å². The maximum atomic E-state index is 12.9. The van der Waals surface area contributed by atoms with Gasteiger partial charge in [0.1, 0.15) is 18.1 Å². The minimum atomic E-state index is -1.89. The second kappa shape index (κ2) is 17.1. The van der Waals surface area contributed by atoms with Gasteiger partial charge in [-0.15, -0.1) is 0 Å². The summed E-state index contributed by atoms with van der Waals surface area (Å²) in [5.41, 5.74) is 16.2. The van der Waals surface area contributed by atoms with E-state index in [0.29, 0.717) is 6.42 Å². The molecule has 4 unspecified atom stereocenters. The summed E-state index contributed by atoms with van der Waals surface area (Å²) in [7, 11) is 0. The third-order valence-electron chi connectivity index (χ3n) is 4.86. The number of nitrogens with one attached hydrogen (secondary N) is 3. The molecule has 214 valence electrons. The molecule has 38 heavy (non-hydrogen) atoms. The van der Waals surface area contributed by atoms with Gasteiger partial charge < -0.3 is 53.6 Å². The fourth-order valence-electron chi connectivity index (χ4n) is 2.92. The summed E-state index contributed by atoms with van der Waals surface area (Å²) >= 11 is 0. The summed E-state index contributed by atoms with van der Waals surface area (Å²) in [5.74, 6) is -9.18. The van der Waals surface area contributed by atoms with Crippen molar-refractivity contribution in [3.63, 3.8) is 0 Å². The molecule has 18 heteroatoms. The fourth-order valence-corrected chi connectivity index (χ4v) is 2.92. The molecule has 13 N–H and O–H groups in total. The van der Waals surface area contributed by atoms with Crippen molar-refractivity contribution in [3.8, 4) is 0 Å². The van der Waals surface area contributed by atoms with Crippen LogP contribution in [0.15, 0.2) is 4.99 Å². The summed E-state index contributed by atoms with van der Waals surface area (Å²) in [5, 5.41) is 42.2. The number of hydrogen-bond acceptors (Lipinski definition) is 9. The van der Waals surface area contributed by atoms with Gasteiger partial charge >= 0.3 is 23.9 Å². The van der Waals surface area contributed by atoms with Crippen LogP contribution in [0, 0.1) is 0 Å². The van der Waals surface area contributed by atoms with Crippen molar-refractivity contribution >= 4 is 47.6 Å². The zero-order valence-corrected chi connectivity index (χ0v) is 20.3. The lowest BCUT2D eigenvalue weighted by Gasteiger charge is -2.24. The number of aliphatic imine (C=N–C) groups is 1. The molecule has 4 atom stereocenters. The Morgan fingerprint density at radius 3 is 1.50 bits per heavy atom. The highest BCUT2D eigenvalue weighted by Crippen LogP contribution is 2.06. The fraction of sp³-hybridized carbons (Fsp3) is 0.600. The number of carbonyl (C=O) groups is 7. The van der Waals surface area contributed by atoms with Gasteiger partial charge in [0.15, 0.2) is 5.96 Å². The minimum Gasteiger partial charge on any atom is -0.481 e. The summed E-state index contributed by atoms with van der Waals surface area (Å²) < 4.78 is 0. The van der Waals surface area contributed by atoms with Crippen LogP contribution in [0.1, 0.15) is 44.9 Å². The van der Waals surface area contributed by atoms with Crippen LogP contribution in [0.4, 0.5) is 0 Å². The van der Waals surface area contributed by atoms with E-state index in [0.717, 1.165) is 0 Å². The van der Waals surface area contributed by atoms with E-state index in [1.807, 2.05) is 5.32 Å². The van der Waals surface area contributed by atoms with Gasteiger partial charge in [0, 0.05) is 19.4 Å². The first-order valence-electron chi connectivity index (χ1n) is 11.2. The van der Waals surface area contributed by atoms with E-state index < -0.39 is 97.9 Å². The number of guanidine groups is 1. The smallest absolute Gasteiger partial charge is 0.326 e. The Kier molecular flexibility index (Phi) is 15.0. The van der Waals surface area contributed by atoms with Crippen LogP contribution in [0.25, 0.3) is 0 Å². The molecule has 0 saturated heterocycles. The summed E-state index contributed by atoms with van der Waals surface area (Å²) in [6, 6.07) is -6.20. The lowest BCUT2D eigenvalue weighted by molar-refractivity contribution is -0.147. The number of hydrogen-bond donors (Lipinski definition) is 10. The van der Waals surface area contributed by atoms with Gasteiger partial charge in [-0.05, 0) is 25.7 Å². The molecule has 0 radical (unpaired) electrons. The molecular weight excluding hydrogens is 514 g/mol. The van der Waals surface area contributed by atoms with Gasteiger partial charge in [0.05, 0.1) is 12.5 Å². The van der Waals surface area contributed by atoms with Gasteiger partial charge in [-0.3, -0.25) is 33.8 Å². The molecule has 0 aliphatic heterocycles. The first-order chi connectivity index (χ1) is 17.6. The molecule has 0 aromatic rings. The summed E-state index contributed by atoms with van der Waals surface area (Å²) in [6.07, 6.45) is -2.80. The van der Waals surface area contributed by atoms with Crippen molar-refractivity contribution < 1.29 is 54.0 Å². The molecule has 0 aromatic heterocycles. The number of rotatable bonds is 19. The lowest BCUT2D eigenvalue weighted by atomic mass is 10.1. The van der Waals surface area contributed by atoms with E-state index in [-0.39, 0.29) is 18.9 Å². The molecule has 0 aliphatic carbocycles. The molecule has 0 fully saturated rings. The van der Waals surface area contributed by atoms with Crippen molar-refractivity contribution in [2.45, 2.75) is 69.1 Å². The van der Waals surface area contributed by atoms with Gasteiger partial charge in [-0.1, -0.05) is 0 Å². The number of amides is 3. The highest BCUT2D eigenvalue weighted by Gasteiger charge is 2.31. The number of carboxylic acids is 4. The van der Waals surface area contributed by atoms with Crippen LogP contribution in [-0.2, 0) is 33.6 Å². The van der Waals surface area contributed by atoms with Gasteiger partial charge in [-0.25, -0.2) is 4.79 Å². The molecule has 0 rings (SSSR count). The topological polar surface area (TPSA) is 327 Å². The SMILES string of the molecule is NC(N)=NCCCC(N)C(=O)NC(CCC(=O)O)C(=O)NC(CCC(=O)O)C(=O)NC(CC(=O)O)C(=O)O. The number of carbonyl (C=O) groups excluding carboxylic acids is 3. The Balaban J connectivity index is 5.58. The highest BCUT2D eigenvalue weighted by atomic mass is 16.4. The Morgan fingerprint density at radius 2 is 1.11 bits per heavy atom. The second-order valence-electron chi connectivity index (χ2n) is 8.04. The minimum absolute atomic E-state index is 0.0969. The largest absolute Gasteiger partial charge is 0.481 e. The molecule has 0 bridgehead atoms. The summed E-state index contributed by atoms with van der Waals surface area (Å²) in [6.45, 7) is 0.172. The standard InChI is InChI=1S/C20H33N7O11/c21-9(2-1-7-24-20(22)23)16(34)25-10(3-5-13(28)29)17(35)26-11(4-6-14(30)31)18(36)27-12(19(37)38)8-15(32)33/h9-12H,1-8,21H2,(H,25,34)(H,26,35)(H,27,36)(H,28,29)(H,30,31)(H,32,33)(H,37,38)(H4,22,23,24). The number of carboxylic acid groups (broad SMARTS) is 4. The maximum absolute atomic E-state index is 12.9. The average molecular weight is 548 g/mol. The van der Waals surface area contributed by atoms with Crippen LogP contribution < -0.4 is 33.2 Å². The molecular formula is C20H33N7O11. The molecule has 3 amide bonds. The highest BCUT2D eigenvalue weighted by molar-refractivity contribution is 5.95. The third-order valence-corrected chi connectivity index (χ3v) is 4.86. The normalized spacial score (nSPS) is 13.6. The van der Waals surface area contributed by atoms with E-state index in [2.05, 4.69) is 15.6 Å². The van der Waals surface area contributed by atoms with Gasteiger partial charge in [-0.2, -0.15) is 0 Å². The van der Waals surface area contributed by atoms with Crippen LogP contribution in [0.2, 0.25) is 0 Å². The molecule has 18 nitrogen and oxygen atoms in total. The Hall–Kier alpha value is -4.48. The van der Waals surface area contributed by atoms with E-state index in [9.17, 15) is 33.6 Å². The Labute approximate surface area is 216 Å². The van der Waals surface area contributed by atoms with Crippen LogP contribution in [0.3, 0.4) is 0 Å². The van der Waals surface area contributed by atoms with Crippen LogP contribution >= 0.6 is 0 Å². The molecule has 0 spiro atoms. The van der Waals surface area contributed by atoms with Crippen molar-refractivity contribution in [1.29, 1.82) is 0 Å². The number of nitrogens with two attached hydrogens (primary N) is 3. The van der Waals surface area contributed by atoms with Crippen molar-refractivity contribution in [3.05, 3.63) is 0 Å². The number of nitrogens with zero attached hydrogens (tertiary/aromatic N) is 1. The van der Waals surface area contributed by atoms with Crippen molar-refractivity contribution in [2.75, 3.05) is 6.54 Å². The summed E-state index contributed by atoms with van der Waals surface area (Å²) in [4.78, 5) is 85.8. The quantitative estimate of drug-likeness (QED) is 0.0420. The average Bonchev–Trinajstić information content (AvgIpc) is 2.80. The Morgan fingerprint density at radius 1 is 0.658 bits per heavy atom. The van der Waals surface area contributed by atoms with E-state index in [1.165, 1.54) is 0 Å². The monoisotopic (exact) mass is 547 g/mol. The third kappa shape index (κ3) is 14.8. The Bertz CT molecular complexity index is 921. The first-order valence-corrected chi connectivity index (χ1v) is 11.2. The predicted molar refractivity (Wildman–Crippen MR) is 127 cm³/mol. The first kappa shape index (κ1) is 33.5. The number of aliphatic carboxylic acids is 4. The lowest BCUT2D eigenvalue weighted by Crippen LogP contribution is -2.57. The van der Waals surface area contributed by atoms with E-state index >= 15 is 0 Å². The predicted octanol–water partition coefficient (Wildman–Crippen LogP) is -3.89. The van der Waals surface area contributed by atoms with Crippen molar-refractivity contribution in [1.82, 2.24) is 16.0 Å². The second-order valence-corrected chi connectivity index (χ2v) is 8.04. The molecule has 0 heterocycles. The zero-order chi connectivity index (χ0) is 29.4. The van der Waals surface area contributed by atoms with Gasteiger partial charge in [0.25, 0.3) is 0 Å². The van der Waals surface area contributed by atoms with Gasteiger partial charge in [0.2, 0.25) is 17.7 Å². The molecule has 0 saturated carbocycles. The zero-order valence-electron chi connectivity index (χ0n) is 20.3. The molecule has 0 aromatic carbocycles.